The van der Waals surface area contributed by atoms with Crippen LogP contribution in [0.2, 0.25) is 0 Å². The van der Waals surface area contributed by atoms with Gasteiger partial charge in [0.15, 0.2) is 11.5 Å². The topological polar surface area (TPSA) is 64.3 Å². The Hall–Kier alpha value is -2.99. The van der Waals surface area contributed by atoms with Crippen molar-refractivity contribution in [2.45, 2.75) is 0 Å². The number of fused-ring (bicyclic) bond motifs is 3. The van der Waals surface area contributed by atoms with E-state index in [0.717, 1.165) is 22.1 Å². The molecular formula is C18H17N5O. The van der Waals surface area contributed by atoms with Gasteiger partial charge in [0.1, 0.15) is 0 Å². The molecule has 0 bridgehead atoms. The second-order valence-electron chi connectivity index (χ2n) is 5.41. The van der Waals surface area contributed by atoms with Crippen molar-refractivity contribution in [3.8, 4) is 11.4 Å². The van der Waals surface area contributed by atoms with Crippen molar-refractivity contribution in [3.05, 3.63) is 54.6 Å². The fourth-order valence-corrected chi connectivity index (χ4v) is 2.64. The van der Waals surface area contributed by atoms with Crippen molar-refractivity contribution in [1.82, 2.24) is 19.6 Å². The number of aromatic nitrogens is 4. The molecule has 0 amide bonds. The maximum absolute atomic E-state index is 5.10. The summed E-state index contributed by atoms with van der Waals surface area (Å²) in [7, 11) is 1.67. The van der Waals surface area contributed by atoms with Crippen LogP contribution in [0.4, 0.5) is 5.95 Å². The molecule has 0 fully saturated rings. The number of hydrogen-bond acceptors (Lipinski definition) is 5. The normalized spacial score (nSPS) is 11.2. The van der Waals surface area contributed by atoms with Crippen molar-refractivity contribution < 1.29 is 4.74 Å². The second-order valence-corrected chi connectivity index (χ2v) is 5.41. The first-order valence-corrected chi connectivity index (χ1v) is 7.80. The highest BCUT2D eigenvalue weighted by Crippen LogP contribution is 2.23. The van der Waals surface area contributed by atoms with Crippen LogP contribution in [0.25, 0.3) is 27.9 Å². The molecule has 0 aliphatic heterocycles. The zero-order valence-corrected chi connectivity index (χ0v) is 13.3. The van der Waals surface area contributed by atoms with Crippen LogP contribution in [0.1, 0.15) is 0 Å². The van der Waals surface area contributed by atoms with E-state index in [-0.39, 0.29) is 0 Å². The van der Waals surface area contributed by atoms with Crippen molar-refractivity contribution in [2.24, 2.45) is 0 Å². The molecule has 2 aromatic heterocycles. The molecule has 0 saturated carbocycles. The molecule has 4 aromatic rings. The van der Waals surface area contributed by atoms with Crippen molar-refractivity contribution in [1.29, 1.82) is 0 Å². The van der Waals surface area contributed by atoms with E-state index >= 15 is 0 Å². The molecule has 0 saturated heterocycles. The average Bonchev–Trinajstić information content (AvgIpc) is 3.09. The summed E-state index contributed by atoms with van der Waals surface area (Å²) in [5.74, 6) is 1.35. The third-order valence-electron chi connectivity index (χ3n) is 3.80. The Labute approximate surface area is 139 Å². The summed E-state index contributed by atoms with van der Waals surface area (Å²) in [6, 6.07) is 17.9. The number of rotatable bonds is 5. The number of anilines is 1. The van der Waals surface area contributed by atoms with Crippen LogP contribution in [0.5, 0.6) is 0 Å². The van der Waals surface area contributed by atoms with Gasteiger partial charge in [-0.3, -0.25) is 0 Å². The highest BCUT2D eigenvalue weighted by Gasteiger charge is 2.13. The van der Waals surface area contributed by atoms with Gasteiger partial charge in [-0.1, -0.05) is 42.5 Å². The van der Waals surface area contributed by atoms with E-state index in [9.17, 15) is 0 Å². The van der Waals surface area contributed by atoms with Crippen LogP contribution in [-0.4, -0.2) is 39.8 Å². The molecule has 0 radical (unpaired) electrons. The van der Waals surface area contributed by atoms with Gasteiger partial charge in [0.25, 0.3) is 0 Å². The fraction of sp³-hybridized carbons (Fsp3) is 0.167. The molecular weight excluding hydrogens is 302 g/mol. The van der Waals surface area contributed by atoms with Gasteiger partial charge in [0.2, 0.25) is 5.95 Å². The first-order valence-electron chi connectivity index (χ1n) is 7.80. The summed E-state index contributed by atoms with van der Waals surface area (Å²) in [4.78, 5) is 9.42. The van der Waals surface area contributed by atoms with Crippen LogP contribution < -0.4 is 5.32 Å². The van der Waals surface area contributed by atoms with E-state index in [1.54, 1.807) is 11.6 Å². The lowest BCUT2D eigenvalue weighted by Gasteiger charge is -2.08. The average molecular weight is 319 g/mol. The zero-order valence-electron chi connectivity index (χ0n) is 13.3. The molecule has 6 nitrogen and oxygen atoms in total. The molecule has 4 rings (SSSR count). The lowest BCUT2D eigenvalue weighted by Crippen LogP contribution is -2.13. The number of nitrogens with one attached hydrogen (secondary N) is 1. The largest absolute Gasteiger partial charge is 0.383 e. The Morgan fingerprint density at radius 3 is 2.62 bits per heavy atom. The van der Waals surface area contributed by atoms with Crippen LogP contribution in [0.15, 0.2) is 54.6 Å². The van der Waals surface area contributed by atoms with Crippen LogP contribution in [0.3, 0.4) is 0 Å². The van der Waals surface area contributed by atoms with Gasteiger partial charge in [-0.05, 0) is 12.1 Å². The molecule has 1 N–H and O–H groups in total. The van der Waals surface area contributed by atoms with Gasteiger partial charge in [0.05, 0.1) is 12.1 Å². The molecule has 0 atom stereocenters. The predicted molar refractivity (Wildman–Crippen MR) is 94.1 cm³/mol. The van der Waals surface area contributed by atoms with Crippen molar-refractivity contribution >= 4 is 22.5 Å². The Bertz CT molecular complexity index is 981. The molecule has 0 aliphatic rings. The standard InChI is InChI=1S/C18H17N5O/c1-24-12-11-19-18-20-15-10-6-5-9-14(15)17-21-16(22-23(17)18)13-7-3-2-4-8-13/h2-10H,11-12H2,1H3,(H,19,20). The molecule has 0 aliphatic carbocycles. The Balaban J connectivity index is 1.91. The fourth-order valence-electron chi connectivity index (χ4n) is 2.64. The third kappa shape index (κ3) is 2.57. The Morgan fingerprint density at radius 1 is 1.00 bits per heavy atom. The summed E-state index contributed by atoms with van der Waals surface area (Å²) >= 11 is 0. The zero-order chi connectivity index (χ0) is 16.4. The first kappa shape index (κ1) is 14.6. The third-order valence-corrected chi connectivity index (χ3v) is 3.80. The van der Waals surface area contributed by atoms with Crippen molar-refractivity contribution in [3.63, 3.8) is 0 Å². The number of benzene rings is 2. The summed E-state index contributed by atoms with van der Waals surface area (Å²) < 4.78 is 6.87. The van der Waals surface area contributed by atoms with Gasteiger partial charge in [0, 0.05) is 24.6 Å². The Kier molecular flexibility index (Phi) is 3.80. The summed E-state index contributed by atoms with van der Waals surface area (Å²) in [6.45, 7) is 1.24. The lowest BCUT2D eigenvalue weighted by atomic mass is 10.2. The van der Waals surface area contributed by atoms with Gasteiger partial charge in [-0.2, -0.15) is 4.52 Å². The summed E-state index contributed by atoms with van der Waals surface area (Å²) in [6.07, 6.45) is 0. The SMILES string of the molecule is COCCNc1nc2ccccc2c2nc(-c3ccccc3)nn12. The maximum atomic E-state index is 5.10. The lowest BCUT2D eigenvalue weighted by molar-refractivity contribution is 0.210. The first-order chi connectivity index (χ1) is 11.9. The molecule has 2 aromatic carbocycles. The summed E-state index contributed by atoms with van der Waals surface area (Å²) in [5.41, 5.74) is 2.66. The van der Waals surface area contributed by atoms with E-state index in [0.29, 0.717) is 24.9 Å². The van der Waals surface area contributed by atoms with Crippen molar-refractivity contribution in [2.75, 3.05) is 25.6 Å². The van der Waals surface area contributed by atoms with Crippen LogP contribution in [-0.2, 0) is 4.74 Å². The minimum absolute atomic E-state index is 0.593. The van der Waals surface area contributed by atoms with E-state index in [2.05, 4.69) is 15.4 Å². The van der Waals surface area contributed by atoms with Crippen LogP contribution in [0, 0.1) is 0 Å². The van der Waals surface area contributed by atoms with E-state index in [4.69, 9.17) is 9.72 Å². The molecule has 120 valence electrons. The minimum Gasteiger partial charge on any atom is -0.383 e. The van der Waals surface area contributed by atoms with Gasteiger partial charge < -0.3 is 10.1 Å². The number of para-hydroxylation sites is 1. The van der Waals surface area contributed by atoms with Crippen LogP contribution >= 0.6 is 0 Å². The van der Waals surface area contributed by atoms with Gasteiger partial charge in [-0.25, -0.2) is 9.97 Å². The second kappa shape index (κ2) is 6.25. The highest BCUT2D eigenvalue weighted by molar-refractivity contribution is 5.92. The molecule has 0 spiro atoms. The molecule has 0 unspecified atom stereocenters. The molecule has 24 heavy (non-hydrogen) atoms. The van der Waals surface area contributed by atoms with E-state index < -0.39 is 0 Å². The number of hydrogen-bond donors (Lipinski definition) is 1. The van der Waals surface area contributed by atoms with E-state index in [1.165, 1.54) is 0 Å². The number of methoxy groups -OCH3 is 1. The van der Waals surface area contributed by atoms with Gasteiger partial charge in [-0.15, -0.1) is 5.10 Å². The highest BCUT2D eigenvalue weighted by atomic mass is 16.5. The monoisotopic (exact) mass is 319 g/mol. The minimum atomic E-state index is 0.593. The van der Waals surface area contributed by atoms with Gasteiger partial charge >= 0.3 is 0 Å². The molecule has 2 heterocycles. The predicted octanol–water partition coefficient (Wildman–Crippen LogP) is 3.00. The number of nitrogens with zero attached hydrogens (tertiary/aromatic N) is 4. The maximum Gasteiger partial charge on any atom is 0.226 e. The van der Waals surface area contributed by atoms with E-state index in [1.807, 2.05) is 54.6 Å². The summed E-state index contributed by atoms with van der Waals surface area (Å²) in [5, 5.41) is 8.90. The quantitative estimate of drug-likeness (QED) is 0.573. The number of ether oxygens (including phenoxy) is 1. The smallest absolute Gasteiger partial charge is 0.226 e. The Morgan fingerprint density at radius 2 is 1.79 bits per heavy atom. The molecule has 6 heteroatoms.